The van der Waals surface area contributed by atoms with Crippen molar-refractivity contribution < 1.29 is 32.9 Å². The summed E-state index contributed by atoms with van der Waals surface area (Å²) in [5.74, 6) is -0.168. The van der Waals surface area contributed by atoms with Crippen LogP contribution >= 0.6 is 7.82 Å². The van der Waals surface area contributed by atoms with Crippen molar-refractivity contribution >= 4 is 13.7 Å². The van der Waals surface area contributed by atoms with Gasteiger partial charge in [-0.1, -0.05) is 229 Å². The van der Waals surface area contributed by atoms with Gasteiger partial charge in [0.2, 0.25) is 5.91 Å². The summed E-state index contributed by atoms with van der Waals surface area (Å²) in [4.78, 5) is 25.2. The first-order valence-electron chi connectivity index (χ1n) is 26.5. The van der Waals surface area contributed by atoms with Crippen LogP contribution in [0.2, 0.25) is 0 Å². The Balaban J connectivity index is 3.78. The number of carbonyl (C=O) groups excluding carboxylic acids is 1. The largest absolute Gasteiger partial charge is 0.756 e. The van der Waals surface area contributed by atoms with Gasteiger partial charge in [-0.15, -0.1) is 0 Å². The topological polar surface area (TPSA) is 108 Å². The molecule has 0 aromatic rings. The molecule has 2 N–H and O–H groups in total. The first-order chi connectivity index (χ1) is 30.5. The molecule has 0 saturated heterocycles. The molecule has 0 aliphatic rings. The van der Waals surface area contributed by atoms with E-state index in [4.69, 9.17) is 9.05 Å². The number of hydrogen-bond acceptors (Lipinski definition) is 6. The lowest BCUT2D eigenvalue weighted by Crippen LogP contribution is -2.46. The molecule has 3 atom stereocenters. The fourth-order valence-corrected chi connectivity index (χ4v) is 8.40. The minimum Gasteiger partial charge on any atom is -0.756 e. The van der Waals surface area contributed by atoms with Gasteiger partial charge in [0.15, 0.2) is 0 Å². The van der Waals surface area contributed by atoms with Crippen molar-refractivity contribution in [1.29, 1.82) is 0 Å². The number of aliphatic hydroxyl groups is 1. The summed E-state index contributed by atoms with van der Waals surface area (Å²) in [5, 5.41) is 13.8. The predicted octanol–water partition coefficient (Wildman–Crippen LogP) is 15.0. The Hall–Kier alpha value is -1.54. The number of phosphoric acid groups is 1. The van der Waals surface area contributed by atoms with Crippen LogP contribution in [0, 0.1) is 0 Å². The smallest absolute Gasteiger partial charge is 0.268 e. The fraction of sp³-hybridized carbons (Fsp3) is 0.833. The van der Waals surface area contributed by atoms with Gasteiger partial charge >= 0.3 is 0 Å². The third-order valence-electron chi connectivity index (χ3n) is 11.8. The molecule has 63 heavy (non-hydrogen) atoms. The van der Waals surface area contributed by atoms with Crippen LogP contribution in [0.15, 0.2) is 48.6 Å². The molecule has 0 spiro atoms. The van der Waals surface area contributed by atoms with E-state index in [9.17, 15) is 19.4 Å². The van der Waals surface area contributed by atoms with Gasteiger partial charge in [-0.05, 0) is 51.4 Å². The van der Waals surface area contributed by atoms with Crippen LogP contribution in [0.25, 0.3) is 0 Å². The Kier molecular flexibility index (Phi) is 44.5. The monoisotopic (exact) mass is 907 g/mol. The second-order valence-corrected chi connectivity index (χ2v) is 20.6. The zero-order chi connectivity index (χ0) is 46.4. The van der Waals surface area contributed by atoms with Crippen LogP contribution < -0.4 is 10.2 Å². The maximum Gasteiger partial charge on any atom is 0.268 e. The molecule has 0 aliphatic heterocycles. The maximum absolute atomic E-state index is 12.8. The minimum absolute atomic E-state index is 0.0124. The zero-order valence-corrected chi connectivity index (χ0v) is 42.9. The summed E-state index contributed by atoms with van der Waals surface area (Å²) in [6.45, 7) is 4.55. The number of likely N-dealkylation sites (N-methyl/N-ethyl adjacent to an activating group) is 1. The van der Waals surface area contributed by atoms with E-state index in [0.29, 0.717) is 23.9 Å². The summed E-state index contributed by atoms with van der Waals surface area (Å²) < 4.78 is 23.2. The van der Waals surface area contributed by atoms with E-state index in [0.717, 1.165) is 64.2 Å². The van der Waals surface area contributed by atoms with Gasteiger partial charge < -0.3 is 28.8 Å². The Morgan fingerprint density at radius 1 is 0.571 bits per heavy atom. The summed E-state index contributed by atoms with van der Waals surface area (Å²) in [6.07, 6.45) is 59.1. The number of nitrogens with zero attached hydrogens (tertiary/aromatic N) is 1. The van der Waals surface area contributed by atoms with Gasteiger partial charge in [-0.25, -0.2) is 0 Å². The Labute approximate surface area is 390 Å². The van der Waals surface area contributed by atoms with Gasteiger partial charge in [0.25, 0.3) is 7.82 Å². The van der Waals surface area contributed by atoms with E-state index >= 15 is 0 Å². The molecule has 0 aromatic heterocycles. The molecule has 0 fully saturated rings. The molecule has 0 aromatic carbocycles. The highest BCUT2D eigenvalue weighted by Crippen LogP contribution is 2.38. The number of unbranched alkanes of at least 4 members (excludes halogenated alkanes) is 27. The quantitative estimate of drug-likeness (QED) is 0.0272. The van der Waals surface area contributed by atoms with Crippen LogP contribution in [0.4, 0.5) is 0 Å². The lowest BCUT2D eigenvalue weighted by Gasteiger charge is -2.30. The van der Waals surface area contributed by atoms with E-state index in [-0.39, 0.29) is 19.1 Å². The number of amides is 1. The number of quaternary nitrogens is 1. The zero-order valence-electron chi connectivity index (χ0n) is 42.0. The molecule has 8 nitrogen and oxygen atoms in total. The van der Waals surface area contributed by atoms with Crippen LogP contribution in [0.3, 0.4) is 0 Å². The highest BCUT2D eigenvalue weighted by atomic mass is 31.2. The number of rotatable bonds is 48. The van der Waals surface area contributed by atoms with Gasteiger partial charge in [-0.3, -0.25) is 9.36 Å². The molecule has 3 unspecified atom stereocenters. The number of allylic oxidation sites excluding steroid dienone is 8. The summed E-state index contributed by atoms with van der Waals surface area (Å²) in [7, 11) is 1.31. The van der Waals surface area contributed by atoms with Crippen molar-refractivity contribution in [2.24, 2.45) is 0 Å². The third-order valence-corrected chi connectivity index (χ3v) is 12.8. The van der Waals surface area contributed by atoms with Crippen molar-refractivity contribution in [3.63, 3.8) is 0 Å². The molecule has 0 heterocycles. The normalized spacial score (nSPS) is 14.5. The van der Waals surface area contributed by atoms with Gasteiger partial charge in [-0.2, -0.15) is 0 Å². The van der Waals surface area contributed by atoms with Crippen molar-refractivity contribution in [2.75, 3.05) is 40.9 Å². The first-order valence-corrected chi connectivity index (χ1v) is 27.9. The number of aliphatic hydroxyl groups excluding tert-OH is 1. The Morgan fingerprint density at radius 3 is 1.41 bits per heavy atom. The van der Waals surface area contributed by atoms with Crippen molar-refractivity contribution in [2.45, 2.75) is 251 Å². The van der Waals surface area contributed by atoms with Gasteiger partial charge in [0.1, 0.15) is 13.2 Å². The molecular formula is C54H103N2O6P. The van der Waals surface area contributed by atoms with Crippen LogP contribution in [-0.2, 0) is 18.4 Å². The number of hydrogen-bond donors (Lipinski definition) is 2. The van der Waals surface area contributed by atoms with E-state index in [2.05, 4.69) is 67.8 Å². The van der Waals surface area contributed by atoms with E-state index in [1.54, 1.807) is 0 Å². The third kappa shape index (κ3) is 48.2. The average Bonchev–Trinajstić information content (AvgIpc) is 3.24. The molecule has 0 bridgehead atoms. The molecule has 1 amide bonds. The SMILES string of the molecule is CC/C=C\C/C=C\C/C=C\C/C=C\CCCCCCCCCCCCCCCCCCCCCCCCC(=O)NC(COP(=O)([O-])OCC[N+](C)(C)C)C(O)CCCCCCCC. The van der Waals surface area contributed by atoms with Crippen molar-refractivity contribution in [3.8, 4) is 0 Å². The van der Waals surface area contributed by atoms with E-state index in [1.807, 2.05) is 21.1 Å². The standard InChI is InChI=1S/C54H103N2O6P/c1-6-8-10-12-14-15-16-17-18-19-20-21-22-23-24-25-26-27-28-29-30-31-32-33-34-35-36-37-38-39-40-41-42-44-46-48-54(58)55-52(53(57)47-45-43-13-11-9-7-2)51-62-63(59,60)61-50-49-56(3,4)5/h8,10,14-15,17-18,20-21,52-53,57H,6-7,9,11-13,16,19,22-51H2,1-5H3,(H-,55,58,59,60)/b10-8-,15-14-,18-17-,21-20-. The van der Waals surface area contributed by atoms with Crippen molar-refractivity contribution in [3.05, 3.63) is 48.6 Å². The predicted molar refractivity (Wildman–Crippen MR) is 270 cm³/mol. The average molecular weight is 907 g/mol. The lowest BCUT2D eigenvalue weighted by atomic mass is 10.0. The first kappa shape index (κ1) is 61.5. The van der Waals surface area contributed by atoms with E-state index in [1.165, 1.54) is 148 Å². The summed E-state index contributed by atoms with van der Waals surface area (Å²) in [6, 6.07) is -0.795. The van der Waals surface area contributed by atoms with E-state index < -0.39 is 20.0 Å². The van der Waals surface area contributed by atoms with Crippen LogP contribution in [0.1, 0.15) is 239 Å². The molecule has 9 heteroatoms. The second kappa shape index (κ2) is 45.6. The van der Waals surface area contributed by atoms with Gasteiger partial charge in [0, 0.05) is 6.42 Å². The lowest BCUT2D eigenvalue weighted by molar-refractivity contribution is -0.870. The molecule has 0 rings (SSSR count). The molecule has 370 valence electrons. The van der Waals surface area contributed by atoms with Crippen LogP contribution in [-0.4, -0.2) is 68.5 Å². The summed E-state index contributed by atoms with van der Waals surface area (Å²) >= 11 is 0. The highest BCUT2D eigenvalue weighted by Gasteiger charge is 2.24. The van der Waals surface area contributed by atoms with Crippen molar-refractivity contribution in [1.82, 2.24) is 5.32 Å². The van der Waals surface area contributed by atoms with Crippen LogP contribution in [0.5, 0.6) is 0 Å². The number of carbonyl (C=O) groups is 1. The Morgan fingerprint density at radius 2 is 0.968 bits per heavy atom. The summed E-state index contributed by atoms with van der Waals surface area (Å²) in [5.41, 5.74) is 0. The molecule has 0 radical (unpaired) electrons. The molecule has 0 aliphatic carbocycles. The molecule has 0 saturated carbocycles. The fourth-order valence-electron chi connectivity index (χ4n) is 7.68. The minimum atomic E-state index is -4.55. The molecular weight excluding hydrogens is 804 g/mol. The maximum atomic E-state index is 12.8. The number of nitrogens with one attached hydrogen (secondary N) is 1. The second-order valence-electron chi connectivity index (χ2n) is 19.2. The van der Waals surface area contributed by atoms with Gasteiger partial charge in [0.05, 0.1) is 39.9 Å². The highest BCUT2D eigenvalue weighted by molar-refractivity contribution is 7.45. The Bertz CT molecular complexity index is 1170. The number of phosphoric ester groups is 1.